The van der Waals surface area contributed by atoms with Crippen LogP contribution in [0, 0.1) is 12.7 Å². The number of nitrogens with two attached hydrogens (primary N) is 1. The molecule has 6 nitrogen and oxygen atoms in total. The number of nitrogen functional groups attached to an aromatic ring is 1. The SMILES string of the molecule is Cc1ccc(F)cc1-c1nc(NS(=O)(=O)c2cccc(N)n2)ccc1C(F)(F)F. The zero-order valence-corrected chi connectivity index (χ0v) is 15.6. The highest BCUT2D eigenvalue weighted by Gasteiger charge is 2.35. The number of aromatic nitrogens is 2. The monoisotopic (exact) mass is 426 g/mol. The highest BCUT2D eigenvalue weighted by molar-refractivity contribution is 7.92. The van der Waals surface area contributed by atoms with E-state index in [9.17, 15) is 26.0 Å². The molecule has 0 amide bonds. The Bertz CT molecular complexity index is 1180. The number of hydrogen-bond donors (Lipinski definition) is 2. The molecule has 29 heavy (non-hydrogen) atoms. The lowest BCUT2D eigenvalue weighted by atomic mass is 10.0. The number of benzene rings is 1. The number of halogens is 4. The molecule has 0 spiro atoms. The van der Waals surface area contributed by atoms with Crippen LogP contribution in [-0.2, 0) is 16.2 Å². The second-order valence-corrected chi connectivity index (χ2v) is 7.69. The minimum Gasteiger partial charge on any atom is -0.384 e. The van der Waals surface area contributed by atoms with E-state index in [-0.39, 0.29) is 17.2 Å². The third-order valence-corrected chi connectivity index (χ3v) is 5.17. The van der Waals surface area contributed by atoms with Crippen LogP contribution in [0.5, 0.6) is 0 Å². The Hall–Kier alpha value is -3.21. The minimum absolute atomic E-state index is 0.0515. The van der Waals surface area contributed by atoms with Gasteiger partial charge in [0.25, 0.3) is 10.0 Å². The Kier molecular flexibility index (Phi) is 5.18. The van der Waals surface area contributed by atoms with Crippen molar-refractivity contribution in [2.75, 3.05) is 10.5 Å². The van der Waals surface area contributed by atoms with Crippen molar-refractivity contribution in [2.24, 2.45) is 0 Å². The van der Waals surface area contributed by atoms with Gasteiger partial charge < -0.3 is 5.73 Å². The zero-order chi connectivity index (χ0) is 21.4. The largest absolute Gasteiger partial charge is 0.418 e. The normalized spacial score (nSPS) is 12.0. The molecular weight excluding hydrogens is 412 g/mol. The van der Waals surface area contributed by atoms with Crippen molar-refractivity contribution in [1.29, 1.82) is 0 Å². The van der Waals surface area contributed by atoms with Crippen molar-refractivity contribution >= 4 is 21.7 Å². The summed E-state index contributed by atoms with van der Waals surface area (Å²) in [6.45, 7) is 1.49. The molecule has 3 N–H and O–H groups in total. The van der Waals surface area contributed by atoms with Crippen LogP contribution in [0.25, 0.3) is 11.3 Å². The summed E-state index contributed by atoms with van der Waals surface area (Å²) in [5.41, 5.74) is 3.96. The van der Waals surface area contributed by atoms with E-state index in [1.165, 1.54) is 31.2 Å². The van der Waals surface area contributed by atoms with Gasteiger partial charge in [0, 0.05) is 5.56 Å². The van der Waals surface area contributed by atoms with Gasteiger partial charge in [0.15, 0.2) is 5.03 Å². The van der Waals surface area contributed by atoms with Gasteiger partial charge in [-0.1, -0.05) is 12.1 Å². The minimum atomic E-state index is -4.78. The number of pyridine rings is 2. The Balaban J connectivity index is 2.12. The van der Waals surface area contributed by atoms with Crippen molar-refractivity contribution in [2.45, 2.75) is 18.1 Å². The number of sulfonamides is 1. The number of hydrogen-bond acceptors (Lipinski definition) is 5. The molecule has 2 aromatic heterocycles. The fourth-order valence-corrected chi connectivity index (χ4v) is 3.55. The van der Waals surface area contributed by atoms with Crippen LogP contribution in [0.1, 0.15) is 11.1 Å². The van der Waals surface area contributed by atoms with Crippen LogP contribution < -0.4 is 10.5 Å². The summed E-state index contributed by atoms with van der Waals surface area (Å²) < 4.78 is 81.0. The molecule has 0 bridgehead atoms. The van der Waals surface area contributed by atoms with Gasteiger partial charge in [0.2, 0.25) is 0 Å². The molecule has 0 unspecified atom stereocenters. The first kappa shape index (κ1) is 20.5. The van der Waals surface area contributed by atoms with Gasteiger partial charge in [-0.15, -0.1) is 0 Å². The second-order valence-electron chi connectivity index (χ2n) is 6.06. The van der Waals surface area contributed by atoms with Crippen LogP contribution in [0.15, 0.2) is 53.6 Å². The lowest BCUT2D eigenvalue weighted by Crippen LogP contribution is -2.17. The summed E-state index contributed by atoms with van der Waals surface area (Å²) in [5.74, 6) is -1.19. The fraction of sp³-hybridized carbons (Fsp3) is 0.111. The van der Waals surface area contributed by atoms with Gasteiger partial charge >= 0.3 is 6.18 Å². The molecule has 0 saturated heterocycles. The first-order chi connectivity index (χ1) is 13.5. The van der Waals surface area contributed by atoms with Crippen LogP contribution in [0.4, 0.5) is 29.2 Å². The van der Waals surface area contributed by atoms with Gasteiger partial charge in [0.05, 0.1) is 11.3 Å². The third kappa shape index (κ3) is 4.45. The quantitative estimate of drug-likeness (QED) is 0.615. The predicted octanol–water partition coefficient (Wildman–Crippen LogP) is 3.99. The maximum Gasteiger partial charge on any atom is 0.418 e. The highest BCUT2D eigenvalue weighted by Crippen LogP contribution is 2.38. The van der Waals surface area contributed by atoms with E-state index >= 15 is 0 Å². The predicted molar refractivity (Wildman–Crippen MR) is 98.8 cm³/mol. The number of nitrogens with one attached hydrogen (secondary N) is 1. The topological polar surface area (TPSA) is 98.0 Å². The fourth-order valence-electron chi connectivity index (χ4n) is 2.57. The second kappa shape index (κ2) is 7.32. The molecule has 0 saturated carbocycles. The summed E-state index contributed by atoms with van der Waals surface area (Å²) in [6, 6.07) is 8.76. The van der Waals surface area contributed by atoms with E-state index in [0.717, 1.165) is 18.2 Å². The summed E-state index contributed by atoms with van der Waals surface area (Å²) in [5, 5.41) is -0.428. The number of nitrogens with zero attached hydrogens (tertiary/aromatic N) is 2. The summed E-state index contributed by atoms with van der Waals surface area (Å²) in [4.78, 5) is 7.48. The van der Waals surface area contributed by atoms with Crippen molar-refractivity contribution in [3.63, 3.8) is 0 Å². The van der Waals surface area contributed by atoms with Crippen LogP contribution in [-0.4, -0.2) is 18.4 Å². The van der Waals surface area contributed by atoms with Crippen molar-refractivity contribution in [3.8, 4) is 11.3 Å². The maximum atomic E-state index is 13.7. The summed E-state index contributed by atoms with van der Waals surface area (Å²) >= 11 is 0. The lowest BCUT2D eigenvalue weighted by Gasteiger charge is -2.16. The molecule has 11 heteroatoms. The first-order valence-electron chi connectivity index (χ1n) is 8.07. The van der Waals surface area contributed by atoms with Crippen LogP contribution in [0.3, 0.4) is 0 Å². The Morgan fingerprint density at radius 3 is 2.41 bits per heavy atom. The number of rotatable bonds is 4. The smallest absolute Gasteiger partial charge is 0.384 e. The highest BCUT2D eigenvalue weighted by atomic mass is 32.2. The zero-order valence-electron chi connectivity index (χ0n) is 14.8. The van der Waals surface area contributed by atoms with E-state index in [4.69, 9.17) is 5.73 Å². The van der Waals surface area contributed by atoms with Gasteiger partial charge in [-0.2, -0.15) is 21.6 Å². The standard InChI is InChI=1S/C18H14F4N4O2S/c1-10-5-6-11(19)9-12(10)17-13(18(20,21)22)7-8-15(25-17)26-29(27,28)16-4-2-3-14(23)24-16/h2-9H,1H3,(H2,23,24)(H,25,26). The molecule has 0 aliphatic rings. The van der Waals surface area contributed by atoms with Crippen molar-refractivity contribution in [1.82, 2.24) is 9.97 Å². The molecule has 152 valence electrons. The van der Waals surface area contributed by atoms with E-state index in [1.807, 2.05) is 0 Å². The number of alkyl halides is 3. The Labute approximate surface area is 163 Å². The average molecular weight is 426 g/mol. The molecule has 1 aromatic carbocycles. The van der Waals surface area contributed by atoms with E-state index in [1.54, 1.807) is 0 Å². The van der Waals surface area contributed by atoms with Gasteiger partial charge in [0.1, 0.15) is 17.5 Å². The molecule has 0 fully saturated rings. The van der Waals surface area contributed by atoms with Crippen LogP contribution in [0.2, 0.25) is 0 Å². The van der Waals surface area contributed by atoms with E-state index in [2.05, 4.69) is 14.7 Å². The van der Waals surface area contributed by atoms with E-state index < -0.39 is 38.3 Å². The first-order valence-corrected chi connectivity index (χ1v) is 9.56. The molecule has 0 aliphatic heterocycles. The molecule has 0 aliphatic carbocycles. The van der Waals surface area contributed by atoms with Gasteiger partial charge in [-0.25, -0.2) is 14.4 Å². The number of aryl methyl sites for hydroxylation is 1. The van der Waals surface area contributed by atoms with Crippen molar-refractivity contribution < 1.29 is 26.0 Å². The Morgan fingerprint density at radius 1 is 1.03 bits per heavy atom. The number of anilines is 2. The van der Waals surface area contributed by atoms with E-state index in [0.29, 0.717) is 11.6 Å². The average Bonchev–Trinajstić information content (AvgIpc) is 2.62. The Morgan fingerprint density at radius 2 is 1.76 bits per heavy atom. The molecular formula is C18H14F4N4O2S. The molecule has 3 aromatic rings. The molecule has 2 heterocycles. The molecule has 0 radical (unpaired) electrons. The summed E-state index contributed by atoms with van der Waals surface area (Å²) in [7, 11) is -4.26. The maximum absolute atomic E-state index is 13.7. The lowest BCUT2D eigenvalue weighted by molar-refractivity contribution is -0.137. The van der Waals surface area contributed by atoms with Crippen LogP contribution >= 0.6 is 0 Å². The van der Waals surface area contributed by atoms with Crippen molar-refractivity contribution in [3.05, 3.63) is 65.5 Å². The molecule has 3 rings (SSSR count). The van der Waals surface area contributed by atoms with Gasteiger partial charge in [-0.05, 0) is 48.9 Å². The van der Waals surface area contributed by atoms with Gasteiger partial charge in [-0.3, -0.25) is 4.72 Å². The molecule has 0 atom stereocenters. The third-order valence-electron chi connectivity index (χ3n) is 3.91. The summed E-state index contributed by atoms with van der Waals surface area (Å²) in [6.07, 6.45) is -4.78.